The molecule has 5 rings (SSSR count). The number of likely N-dealkylation sites (tertiary alicyclic amines) is 1. The molecule has 2 aromatic carbocycles. The molecule has 3 heterocycles. The van der Waals surface area contributed by atoms with E-state index in [-0.39, 0.29) is 11.7 Å². The molecule has 0 aliphatic carbocycles. The lowest BCUT2D eigenvalue weighted by atomic mass is 10.1. The summed E-state index contributed by atoms with van der Waals surface area (Å²) in [7, 11) is 0. The van der Waals surface area contributed by atoms with Gasteiger partial charge in [-0.25, -0.2) is 4.98 Å². The Labute approximate surface area is 176 Å². The molecule has 152 valence electrons. The third-order valence-corrected chi connectivity index (χ3v) is 6.18. The van der Waals surface area contributed by atoms with Crippen molar-refractivity contribution in [2.24, 2.45) is 0 Å². The first-order valence-electron chi connectivity index (χ1n) is 10.7. The number of rotatable bonds is 4. The van der Waals surface area contributed by atoms with E-state index in [1.165, 1.54) is 19.3 Å². The average molecular weight is 399 g/mol. The van der Waals surface area contributed by atoms with Gasteiger partial charge in [0.25, 0.3) is 5.56 Å². The predicted octanol–water partition coefficient (Wildman–Crippen LogP) is 4.86. The smallest absolute Gasteiger partial charge is 0.252 e. The van der Waals surface area contributed by atoms with Crippen molar-refractivity contribution in [3.8, 4) is 16.8 Å². The van der Waals surface area contributed by atoms with Crippen molar-refractivity contribution in [2.45, 2.75) is 32.4 Å². The van der Waals surface area contributed by atoms with Crippen molar-refractivity contribution in [1.82, 2.24) is 19.0 Å². The van der Waals surface area contributed by atoms with Gasteiger partial charge in [0.05, 0.1) is 17.2 Å². The van der Waals surface area contributed by atoms with Crippen molar-refractivity contribution in [2.75, 3.05) is 13.1 Å². The van der Waals surface area contributed by atoms with Gasteiger partial charge in [-0.3, -0.25) is 18.8 Å². The summed E-state index contributed by atoms with van der Waals surface area (Å²) in [5, 5.41) is 0. The Kier molecular flexibility index (Phi) is 4.97. The number of benzene rings is 2. The number of para-hydroxylation sites is 1. The van der Waals surface area contributed by atoms with Crippen molar-refractivity contribution in [3.63, 3.8) is 0 Å². The minimum atomic E-state index is 0.0421. The summed E-state index contributed by atoms with van der Waals surface area (Å²) in [6.07, 6.45) is 7.60. The van der Waals surface area contributed by atoms with Crippen LogP contribution in [0.5, 0.6) is 0 Å². The summed E-state index contributed by atoms with van der Waals surface area (Å²) < 4.78 is 3.93. The fourth-order valence-corrected chi connectivity index (χ4v) is 4.43. The van der Waals surface area contributed by atoms with E-state index in [2.05, 4.69) is 51.7 Å². The number of imidazole rings is 1. The molecular weight excluding hydrogens is 372 g/mol. The molecular formula is C25H26N4O. The maximum absolute atomic E-state index is 12.9. The summed E-state index contributed by atoms with van der Waals surface area (Å²) in [6.45, 7) is 4.25. The van der Waals surface area contributed by atoms with E-state index in [9.17, 15) is 4.79 Å². The minimum Gasteiger partial charge on any atom is -0.300 e. The number of hydrogen-bond acceptors (Lipinski definition) is 3. The van der Waals surface area contributed by atoms with Crippen LogP contribution in [0.15, 0.2) is 78.0 Å². The number of hydrogen-bond donors (Lipinski definition) is 0. The predicted molar refractivity (Wildman–Crippen MR) is 121 cm³/mol. The van der Waals surface area contributed by atoms with E-state index in [1.54, 1.807) is 6.07 Å². The number of pyridine rings is 1. The Morgan fingerprint density at radius 2 is 1.67 bits per heavy atom. The molecule has 5 nitrogen and oxygen atoms in total. The SMILES string of the molecule is CC(N1CCCCC1)n1ccc(-c2ccc3c(c2)ncn3-c2ccccc2)cc1=O. The molecule has 1 unspecified atom stereocenters. The molecule has 2 aromatic heterocycles. The fourth-order valence-electron chi connectivity index (χ4n) is 4.43. The van der Waals surface area contributed by atoms with Crippen LogP contribution >= 0.6 is 0 Å². The van der Waals surface area contributed by atoms with Crippen LogP contribution in [0.2, 0.25) is 0 Å². The standard InChI is InChI=1S/C25H26N4O/c1-19(27-13-6-3-7-14-27)28-15-12-21(17-25(28)30)20-10-11-24-23(16-20)26-18-29(24)22-8-4-2-5-9-22/h2,4-5,8-12,15-19H,3,6-7,13-14H2,1H3. The molecule has 1 aliphatic rings. The maximum Gasteiger partial charge on any atom is 0.252 e. The largest absolute Gasteiger partial charge is 0.300 e. The lowest BCUT2D eigenvalue weighted by Gasteiger charge is -2.33. The number of aromatic nitrogens is 3. The van der Waals surface area contributed by atoms with Crippen LogP contribution in [0.25, 0.3) is 27.8 Å². The van der Waals surface area contributed by atoms with Gasteiger partial charge in [-0.1, -0.05) is 30.7 Å². The van der Waals surface area contributed by atoms with Gasteiger partial charge >= 0.3 is 0 Å². The second kappa shape index (κ2) is 7.92. The molecule has 1 saturated heterocycles. The summed E-state index contributed by atoms with van der Waals surface area (Å²) in [4.78, 5) is 19.8. The van der Waals surface area contributed by atoms with Gasteiger partial charge in [0.2, 0.25) is 0 Å². The minimum absolute atomic E-state index is 0.0421. The van der Waals surface area contributed by atoms with Gasteiger partial charge in [0.15, 0.2) is 0 Å². The molecule has 1 atom stereocenters. The molecule has 0 spiro atoms. The Hall–Kier alpha value is -3.18. The van der Waals surface area contributed by atoms with Gasteiger partial charge in [-0.15, -0.1) is 0 Å². The van der Waals surface area contributed by atoms with E-state index in [0.717, 1.165) is 40.9 Å². The Balaban J connectivity index is 1.45. The molecule has 0 saturated carbocycles. The normalized spacial score (nSPS) is 16.0. The lowest BCUT2D eigenvalue weighted by molar-refractivity contribution is 0.124. The highest BCUT2D eigenvalue weighted by atomic mass is 16.1. The van der Waals surface area contributed by atoms with Crippen LogP contribution in [0.3, 0.4) is 0 Å². The molecule has 1 aliphatic heterocycles. The van der Waals surface area contributed by atoms with Gasteiger partial charge in [0, 0.05) is 31.0 Å². The summed E-state index contributed by atoms with van der Waals surface area (Å²) in [5.74, 6) is 0. The van der Waals surface area contributed by atoms with Crippen molar-refractivity contribution in [1.29, 1.82) is 0 Å². The van der Waals surface area contributed by atoms with Gasteiger partial charge in [-0.05, 0) is 61.2 Å². The molecule has 0 amide bonds. The first-order chi connectivity index (χ1) is 14.7. The Morgan fingerprint density at radius 3 is 2.43 bits per heavy atom. The fraction of sp³-hybridized carbons (Fsp3) is 0.280. The zero-order valence-corrected chi connectivity index (χ0v) is 17.2. The second-order valence-corrected chi connectivity index (χ2v) is 8.04. The van der Waals surface area contributed by atoms with Gasteiger partial charge < -0.3 is 0 Å². The molecule has 0 radical (unpaired) electrons. The van der Waals surface area contributed by atoms with Gasteiger partial charge in [-0.2, -0.15) is 0 Å². The third kappa shape index (κ3) is 3.46. The van der Waals surface area contributed by atoms with Crippen molar-refractivity contribution < 1.29 is 0 Å². The highest BCUT2D eigenvalue weighted by Gasteiger charge is 2.18. The van der Waals surface area contributed by atoms with Crippen LogP contribution in [-0.2, 0) is 0 Å². The quantitative estimate of drug-likeness (QED) is 0.493. The van der Waals surface area contributed by atoms with Crippen LogP contribution in [0.1, 0.15) is 32.4 Å². The average Bonchev–Trinajstić information content (AvgIpc) is 3.23. The molecule has 4 aromatic rings. The Bertz CT molecular complexity index is 1220. The molecule has 5 heteroatoms. The monoisotopic (exact) mass is 398 g/mol. The van der Waals surface area contributed by atoms with E-state index in [1.807, 2.05) is 41.4 Å². The highest BCUT2D eigenvalue weighted by molar-refractivity contribution is 5.83. The molecule has 0 N–H and O–H groups in total. The van der Waals surface area contributed by atoms with Crippen LogP contribution < -0.4 is 5.56 Å². The number of nitrogens with zero attached hydrogens (tertiary/aromatic N) is 4. The summed E-state index contributed by atoms with van der Waals surface area (Å²) >= 11 is 0. The third-order valence-electron chi connectivity index (χ3n) is 6.18. The van der Waals surface area contributed by atoms with Crippen molar-refractivity contribution in [3.05, 3.63) is 83.5 Å². The lowest BCUT2D eigenvalue weighted by Crippen LogP contribution is -2.38. The van der Waals surface area contributed by atoms with E-state index >= 15 is 0 Å². The zero-order valence-electron chi connectivity index (χ0n) is 17.2. The van der Waals surface area contributed by atoms with Gasteiger partial charge in [0.1, 0.15) is 6.33 Å². The topological polar surface area (TPSA) is 43.1 Å². The maximum atomic E-state index is 12.9. The van der Waals surface area contributed by atoms with Crippen LogP contribution in [-0.4, -0.2) is 32.1 Å². The first-order valence-corrected chi connectivity index (χ1v) is 10.7. The zero-order chi connectivity index (χ0) is 20.5. The van der Waals surface area contributed by atoms with E-state index in [0.29, 0.717) is 0 Å². The van der Waals surface area contributed by atoms with Crippen LogP contribution in [0.4, 0.5) is 0 Å². The molecule has 30 heavy (non-hydrogen) atoms. The number of fused-ring (bicyclic) bond motifs is 1. The van der Waals surface area contributed by atoms with Crippen molar-refractivity contribution >= 4 is 11.0 Å². The Morgan fingerprint density at radius 1 is 0.900 bits per heavy atom. The first kappa shape index (κ1) is 18.8. The number of piperidine rings is 1. The van der Waals surface area contributed by atoms with E-state index < -0.39 is 0 Å². The summed E-state index contributed by atoms with van der Waals surface area (Å²) in [5.41, 5.74) is 5.04. The van der Waals surface area contributed by atoms with E-state index in [4.69, 9.17) is 0 Å². The highest BCUT2D eigenvalue weighted by Crippen LogP contribution is 2.25. The van der Waals surface area contributed by atoms with Crippen LogP contribution in [0, 0.1) is 0 Å². The molecule has 1 fully saturated rings. The second-order valence-electron chi connectivity index (χ2n) is 8.04. The summed E-state index contributed by atoms with van der Waals surface area (Å²) in [6, 6.07) is 20.2. The molecule has 0 bridgehead atoms.